The van der Waals surface area contributed by atoms with Gasteiger partial charge in [-0.2, -0.15) is 5.26 Å². The van der Waals surface area contributed by atoms with Crippen molar-refractivity contribution in [3.8, 4) is 17.2 Å². The highest BCUT2D eigenvalue weighted by molar-refractivity contribution is 7.89. The number of para-hydroxylation sites is 1. The molecule has 0 unspecified atom stereocenters. The predicted molar refractivity (Wildman–Crippen MR) is 136 cm³/mol. The van der Waals surface area contributed by atoms with E-state index in [1.807, 2.05) is 53.3 Å². The van der Waals surface area contributed by atoms with E-state index >= 15 is 0 Å². The van der Waals surface area contributed by atoms with E-state index in [1.165, 1.54) is 0 Å². The van der Waals surface area contributed by atoms with Crippen molar-refractivity contribution in [3.05, 3.63) is 89.2 Å². The summed E-state index contributed by atoms with van der Waals surface area (Å²) in [6, 6.07) is 22.6. The van der Waals surface area contributed by atoms with Crippen LogP contribution in [0.4, 0.5) is 0 Å². The molecule has 0 aliphatic heterocycles. The maximum atomic E-state index is 12.5. The number of hydrogen-bond acceptors (Lipinski definition) is 5. The Hall–Kier alpha value is -3.96. The van der Waals surface area contributed by atoms with Gasteiger partial charge in [0.15, 0.2) is 0 Å². The van der Waals surface area contributed by atoms with E-state index in [0.717, 1.165) is 53.5 Å². The van der Waals surface area contributed by atoms with Gasteiger partial charge in [0.25, 0.3) is 5.91 Å². The number of hydrogen-bond donors (Lipinski definition) is 1. The summed E-state index contributed by atoms with van der Waals surface area (Å²) < 4.78 is 27.2. The number of carbonyl (C=O) groups excluding carboxylic acids is 1. The molecule has 0 spiro atoms. The van der Waals surface area contributed by atoms with Gasteiger partial charge in [-0.25, -0.2) is 18.1 Å². The minimum Gasteiger partial charge on any atom is -0.322 e. The van der Waals surface area contributed by atoms with Crippen LogP contribution in [0, 0.1) is 11.3 Å². The summed E-state index contributed by atoms with van der Waals surface area (Å²) >= 11 is 0. The fourth-order valence-corrected chi connectivity index (χ4v) is 4.60. The number of nitrogens with zero attached hydrogens (tertiary/aromatic N) is 3. The lowest BCUT2D eigenvalue weighted by atomic mass is 9.98. The third-order valence-electron chi connectivity index (χ3n) is 5.78. The molecule has 0 bridgehead atoms. The third kappa shape index (κ3) is 5.42. The van der Waals surface area contributed by atoms with Gasteiger partial charge in [-0.15, -0.1) is 0 Å². The standard InChI is InChI=1S/C27H26N4O3S/c1-3-4-12-25-29-24-11-7-8-21(17-28)26(24)31(25)18-19-13-15-20(16-14-19)22-9-5-6-10-23(22)27(32)30-35(2,33)34/h5-11,13-16H,3-4,12,18H2,1-2H3,(H,30,32). The monoisotopic (exact) mass is 486 g/mol. The molecule has 3 aromatic carbocycles. The van der Waals surface area contributed by atoms with Gasteiger partial charge in [-0.1, -0.05) is 61.9 Å². The topological polar surface area (TPSA) is 105 Å². The lowest BCUT2D eigenvalue weighted by Crippen LogP contribution is -2.29. The van der Waals surface area contributed by atoms with Crippen molar-refractivity contribution in [2.75, 3.05) is 6.26 Å². The molecule has 0 aliphatic rings. The molecule has 0 aliphatic carbocycles. The van der Waals surface area contributed by atoms with Crippen molar-refractivity contribution in [1.82, 2.24) is 14.3 Å². The van der Waals surface area contributed by atoms with Crippen LogP contribution in [-0.2, 0) is 23.0 Å². The summed E-state index contributed by atoms with van der Waals surface area (Å²) in [6.07, 6.45) is 3.84. The maximum Gasteiger partial charge on any atom is 0.265 e. The number of aromatic nitrogens is 2. The number of unbranched alkanes of at least 4 members (excludes halogenated alkanes) is 1. The normalized spacial score (nSPS) is 11.3. The number of rotatable bonds is 8. The molecule has 1 aromatic heterocycles. The Bertz CT molecular complexity index is 1530. The zero-order chi connectivity index (χ0) is 25.0. The molecule has 0 saturated carbocycles. The molecule has 7 nitrogen and oxygen atoms in total. The number of aryl methyl sites for hydroxylation is 1. The number of fused-ring (bicyclic) bond motifs is 1. The molecule has 4 aromatic rings. The Balaban J connectivity index is 1.68. The quantitative estimate of drug-likeness (QED) is 0.390. The average molecular weight is 487 g/mol. The molecule has 1 amide bonds. The molecule has 0 saturated heterocycles. The van der Waals surface area contributed by atoms with Crippen LogP contribution < -0.4 is 4.72 Å². The Kier molecular flexibility index (Phi) is 6.99. The van der Waals surface area contributed by atoms with Crippen LogP contribution in [0.3, 0.4) is 0 Å². The van der Waals surface area contributed by atoms with Crippen molar-refractivity contribution >= 4 is 27.0 Å². The van der Waals surface area contributed by atoms with Crippen LogP contribution in [0.15, 0.2) is 66.7 Å². The first-order chi connectivity index (χ1) is 16.8. The highest BCUT2D eigenvalue weighted by Crippen LogP contribution is 2.26. The number of imidazole rings is 1. The lowest BCUT2D eigenvalue weighted by Gasteiger charge is -2.12. The molecule has 178 valence electrons. The summed E-state index contributed by atoms with van der Waals surface area (Å²) in [5.41, 5.74) is 5.00. The average Bonchev–Trinajstić information content (AvgIpc) is 3.19. The Morgan fingerprint density at radius 3 is 2.49 bits per heavy atom. The Morgan fingerprint density at radius 2 is 1.80 bits per heavy atom. The van der Waals surface area contributed by atoms with Crippen molar-refractivity contribution in [2.45, 2.75) is 32.7 Å². The summed E-state index contributed by atoms with van der Waals surface area (Å²) in [6.45, 7) is 2.70. The second kappa shape index (κ2) is 10.1. The highest BCUT2D eigenvalue weighted by atomic mass is 32.2. The number of nitrogens with one attached hydrogen (secondary N) is 1. The summed E-state index contributed by atoms with van der Waals surface area (Å²) in [4.78, 5) is 17.3. The van der Waals surface area contributed by atoms with Gasteiger partial charge in [0, 0.05) is 18.5 Å². The van der Waals surface area contributed by atoms with Crippen LogP contribution in [0.2, 0.25) is 0 Å². The molecular formula is C27H26N4O3S. The smallest absolute Gasteiger partial charge is 0.265 e. The largest absolute Gasteiger partial charge is 0.322 e. The highest BCUT2D eigenvalue weighted by Gasteiger charge is 2.17. The summed E-state index contributed by atoms with van der Waals surface area (Å²) in [5, 5.41) is 9.65. The zero-order valence-electron chi connectivity index (χ0n) is 19.7. The molecule has 35 heavy (non-hydrogen) atoms. The second-order valence-electron chi connectivity index (χ2n) is 8.45. The van der Waals surface area contributed by atoms with E-state index in [-0.39, 0.29) is 5.56 Å². The van der Waals surface area contributed by atoms with Crippen molar-refractivity contribution in [2.24, 2.45) is 0 Å². The van der Waals surface area contributed by atoms with E-state index in [2.05, 4.69) is 17.6 Å². The molecule has 1 heterocycles. The van der Waals surface area contributed by atoms with E-state index in [9.17, 15) is 18.5 Å². The SMILES string of the molecule is CCCCc1nc2cccc(C#N)c2n1Cc1ccc(-c2ccccc2C(=O)NS(C)(=O)=O)cc1. The number of amides is 1. The van der Waals surface area contributed by atoms with E-state index in [0.29, 0.717) is 17.7 Å². The van der Waals surface area contributed by atoms with Gasteiger partial charge in [-0.05, 0) is 41.3 Å². The maximum absolute atomic E-state index is 12.5. The molecule has 0 radical (unpaired) electrons. The molecule has 4 rings (SSSR count). The number of benzene rings is 3. The van der Waals surface area contributed by atoms with E-state index < -0.39 is 15.9 Å². The summed E-state index contributed by atoms with van der Waals surface area (Å²) in [5.74, 6) is 0.290. The summed E-state index contributed by atoms with van der Waals surface area (Å²) in [7, 11) is -3.67. The molecule has 8 heteroatoms. The van der Waals surface area contributed by atoms with Gasteiger partial charge >= 0.3 is 0 Å². The van der Waals surface area contributed by atoms with Crippen LogP contribution in [0.1, 0.15) is 47.1 Å². The van der Waals surface area contributed by atoms with Crippen LogP contribution >= 0.6 is 0 Å². The zero-order valence-corrected chi connectivity index (χ0v) is 20.5. The third-order valence-corrected chi connectivity index (χ3v) is 6.33. The lowest BCUT2D eigenvalue weighted by molar-refractivity contribution is 0.0982. The molecule has 1 N–H and O–H groups in total. The van der Waals surface area contributed by atoms with Gasteiger partial charge < -0.3 is 4.57 Å². The number of carbonyl (C=O) groups is 1. The predicted octanol–water partition coefficient (Wildman–Crippen LogP) is 4.66. The van der Waals surface area contributed by atoms with Gasteiger partial charge in [0.05, 0.1) is 22.9 Å². The van der Waals surface area contributed by atoms with E-state index in [1.54, 1.807) is 18.2 Å². The van der Waals surface area contributed by atoms with Crippen molar-refractivity contribution in [3.63, 3.8) is 0 Å². The fraction of sp³-hybridized carbons (Fsp3) is 0.222. The molecular weight excluding hydrogens is 460 g/mol. The first-order valence-electron chi connectivity index (χ1n) is 11.4. The van der Waals surface area contributed by atoms with Crippen LogP contribution in [-0.4, -0.2) is 30.1 Å². The minimum atomic E-state index is -3.67. The van der Waals surface area contributed by atoms with Crippen molar-refractivity contribution in [1.29, 1.82) is 5.26 Å². The Morgan fingerprint density at radius 1 is 1.06 bits per heavy atom. The van der Waals surface area contributed by atoms with Gasteiger partial charge in [0.2, 0.25) is 10.0 Å². The number of nitriles is 1. The fourth-order valence-electron chi connectivity index (χ4n) is 4.15. The van der Waals surface area contributed by atoms with E-state index in [4.69, 9.17) is 4.98 Å². The van der Waals surface area contributed by atoms with Crippen LogP contribution in [0.5, 0.6) is 0 Å². The molecule has 0 atom stereocenters. The molecule has 0 fully saturated rings. The Labute approximate surface area is 205 Å². The van der Waals surface area contributed by atoms with Crippen LogP contribution in [0.25, 0.3) is 22.2 Å². The minimum absolute atomic E-state index is 0.284. The van der Waals surface area contributed by atoms with Gasteiger partial charge in [0.1, 0.15) is 11.9 Å². The first-order valence-corrected chi connectivity index (χ1v) is 13.3. The second-order valence-corrected chi connectivity index (χ2v) is 10.2. The van der Waals surface area contributed by atoms with Gasteiger partial charge in [-0.3, -0.25) is 4.79 Å². The number of sulfonamides is 1. The van der Waals surface area contributed by atoms with Crippen molar-refractivity contribution < 1.29 is 13.2 Å². The first kappa shape index (κ1) is 24.2.